The molecule has 0 radical (unpaired) electrons. The van der Waals surface area contributed by atoms with E-state index in [1.54, 1.807) is 0 Å². The van der Waals surface area contributed by atoms with Crippen LogP contribution in [-0.2, 0) is 4.79 Å². The van der Waals surface area contributed by atoms with Gasteiger partial charge in [-0.2, -0.15) is 4.37 Å². The molecule has 1 heterocycles. The number of carbonyl (C=O) groups excluding carboxylic acids is 3. The molecule has 4 rings (SSSR count). The fourth-order valence-corrected chi connectivity index (χ4v) is 5.08. The van der Waals surface area contributed by atoms with E-state index < -0.39 is 35.4 Å². The van der Waals surface area contributed by atoms with Gasteiger partial charge in [-0.1, -0.05) is 37.5 Å². The Balaban J connectivity index is 1.84. The van der Waals surface area contributed by atoms with E-state index in [0.717, 1.165) is 43.1 Å². The van der Waals surface area contributed by atoms with Crippen LogP contribution in [0.15, 0.2) is 48.5 Å². The Hall–Kier alpha value is -3.86. The van der Waals surface area contributed by atoms with Gasteiger partial charge in [0.05, 0.1) is 5.69 Å². The fraction of sp³-hybridized carbons (Fsp3) is 0.280. The highest BCUT2D eigenvalue weighted by Crippen LogP contribution is 2.34. The van der Waals surface area contributed by atoms with Crippen molar-refractivity contribution in [2.24, 2.45) is 5.73 Å². The summed E-state index contributed by atoms with van der Waals surface area (Å²) in [5.41, 5.74) is 11.2. The van der Waals surface area contributed by atoms with Crippen LogP contribution in [-0.4, -0.2) is 28.1 Å². The molecule has 1 aliphatic carbocycles. The summed E-state index contributed by atoms with van der Waals surface area (Å²) < 4.78 is 31.9. The van der Waals surface area contributed by atoms with Crippen molar-refractivity contribution in [3.05, 3.63) is 76.3 Å². The summed E-state index contributed by atoms with van der Waals surface area (Å²) in [6, 6.07) is 8.94. The molecule has 0 saturated heterocycles. The van der Waals surface area contributed by atoms with Gasteiger partial charge < -0.3 is 16.8 Å². The molecule has 1 atom stereocenters. The fourth-order valence-electron chi connectivity index (χ4n) is 4.34. The van der Waals surface area contributed by atoms with E-state index in [1.165, 1.54) is 42.5 Å². The number of rotatable bonds is 7. The Labute approximate surface area is 210 Å². The molecular formula is C25H25F2N5O3S. The number of carbonyl (C=O) groups is 3. The number of anilines is 2. The summed E-state index contributed by atoms with van der Waals surface area (Å²) in [7, 11) is 0. The first kappa shape index (κ1) is 25.2. The summed E-state index contributed by atoms with van der Waals surface area (Å²) in [6.45, 7) is 0. The molecule has 1 aromatic heterocycles. The maximum atomic E-state index is 14.3. The number of aromatic nitrogens is 1. The number of nitrogens with zero attached hydrogens (tertiary/aromatic N) is 2. The number of halogens is 2. The number of benzene rings is 2. The molecule has 3 amide bonds. The maximum Gasteiger partial charge on any atom is 0.273 e. The van der Waals surface area contributed by atoms with Crippen molar-refractivity contribution in [2.75, 3.05) is 10.6 Å². The van der Waals surface area contributed by atoms with Crippen LogP contribution in [0.1, 0.15) is 63.9 Å². The lowest BCUT2D eigenvalue weighted by atomic mass is 9.94. The molecule has 0 spiro atoms. The standard InChI is InChI=1S/C25H25F2N5O3S/c26-15-11-9-14(10-12-15)21(24(34)30-17-6-2-1-3-7-17)32(18-8-4-5-16(27)13-18)25(35)22-19(28)20(23(29)33)31-36-22/h4-5,8-13,17,21H,1-3,6-7,28H2,(H2,29,33)(H,30,34)/t21-/m0/s1. The maximum absolute atomic E-state index is 14.3. The number of primary amides is 1. The zero-order chi connectivity index (χ0) is 25.8. The molecule has 1 aliphatic rings. The number of hydrogen-bond donors (Lipinski definition) is 3. The van der Waals surface area contributed by atoms with Gasteiger partial charge in [0, 0.05) is 11.7 Å². The Morgan fingerprint density at radius 1 is 1.03 bits per heavy atom. The molecule has 2 aromatic carbocycles. The van der Waals surface area contributed by atoms with Crippen LogP contribution in [0.5, 0.6) is 0 Å². The molecule has 36 heavy (non-hydrogen) atoms. The number of nitrogen functional groups attached to an aromatic ring is 1. The Kier molecular flexibility index (Phi) is 7.58. The predicted molar refractivity (Wildman–Crippen MR) is 132 cm³/mol. The minimum Gasteiger partial charge on any atom is -0.395 e. The van der Waals surface area contributed by atoms with Gasteiger partial charge >= 0.3 is 0 Å². The molecule has 1 fully saturated rings. The van der Waals surface area contributed by atoms with E-state index in [1.807, 2.05) is 0 Å². The van der Waals surface area contributed by atoms with E-state index in [9.17, 15) is 23.2 Å². The van der Waals surface area contributed by atoms with Crippen molar-refractivity contribution in [3.8, 4) is 0 Å². The number of amides is 3. The predicted octanol–water partition coefficient (Wildman–Crippen LogP) is 3.94. The van der Waals surface area contributed by atoms with Crippen molar-refractivity contribution in [2.45, 2.75) is 44.2 Å². The van der Waals surface area contributed by atoms with Gasteiger partial charge in [0.1, 0.15) is 22.6 Å². The van der Waals surface area contributed by atoms with Crippen molar-refractivity contribution in [1.29, 1.82) is 0 Å². The van der Waals surface area contributed by atoms with Gasteiger partial charge in [0.2, 0.25) is 5.91 Å². The van der Waals surface area contributed by atoms with Gasteiger partial charge in [0.15, 0.2) is 5.69 Å². The topological polar surface area (TPSA) is 131 Å². The molecule has 0 unspecified atom stereocenters. The molecule has 0 aliphatic heterocycles. The van der Waals surface area contributed by atoms with Crippen LogP contribution in [0, 0.1) is 11.6 Å². The largest absolute Gasteiger partial charge is 0.395 e. The highest BCUT2D eigenvalue weighted by Gasteiger charge is 2.37. The molecule has 11 heteroatoms. The SMILES string of the molecule is NC(=O)c1nsc(C(=O)N(c2cccc(F)c2)[C@H](C(=O)NC2CCCCC2)c2ccc(F)cc2)c1N. The summed E-state index contributed by atoms with van der Waals surface area (Å²) in [5.74, 6) is -3.36. The average molecular weight is 514 g/mol. The minimum absolute atomic E-state index is 0.0709. The van der Waals surface area contributed by atoms with Crippen molar-refractivity contribution < 1.29 is 23.2 Å². The zero-order valence-corrected chi connectivity index (χ0v) is 20.1. The van der Waals surface area contributed by atoms with Crippen molar-refractivity contribution >= 4 is 40.6 Å². The van der Waals surface area contributed by atoms with Crippen LogP contribution in [0.4, 0.5) is 20.2 Å². The first-order valence-corrected chi connectivity index (χ1v) is 12.2. The summed E-state index contributed by atoms with van der Waals surface area (Å²) in [6.07, 6.45) is 4.59. The summed E-state index contributed by atoms with van der Waals surface area (Å²) in [5, 5.41) is 3.00. The van der Waals surface area contributed by atoms with Gasteiger partial charge in [-0.3, -0.25) is 19.3 Å². The highest BCUT2D eigenvalue weighted by molar-refractivity contribution is 7.09. The molecule has 0 bridgehead atoms. The molecule has 3 aromatic rings. The first-order chi connectivity index (χ1) is 17.3. The lowest BCUT2D eigenvalue weighted by Gasteiger charge is -2.33. The first-order valence-electron chi connectivity index (χ1n) is 11.5. The molecule has 188 valence electrons. The second-order valence-corrected chi connectivity index (χ2v) is 9.36. The quantitative estimate of drug-likeness (QED) is 0.440. The third-order valence-corrected chi connectivity index (χ3v) is 6.96. The second-order valence-electron chi connectivity index (χ2n) is 8.59. The van der Waals surface area contributed by atoms with E-state index in [2.05, 4.69) is 9.69 Å². The van der Waals surface area contributed by atoms with E-state index in [4.69, 9.17) is 11.5 Å². The zero-order valence-electron chi connectivity index (χ0n) is 19.2. The van der Waals surface area contributed by atoms with Gasteiger partial charge in [-0.25, -0.2) is 8.78 Å². The average Bonchev–Trinajstić information content (AvgIpc) is 3.25. The van der Waals surface area contributed by atoms with Crippen LogP contribution >= 0.6 is 11.5 Å². The van der Waals surface area contributed by atoms with Crippen LogP contribution in [0.2, 0.25) is 0 Å². The van der Waals surface area contributed by atoms with E-state index in [0.29, 0.717) is 17.1 Å². The van der Waals surface area contributed by atoms with Crippen molar-refractivity contribution in [3.63, 3.8) is 0 Å². The van der Waals surface area contributed by atoms with E-state index in [-0.39, 0.29) is 28.0 Å². The lowest BCUT2D eigenvalue weighted by Crippen LogP contribution is -2.47. The minimum atomic E-state index is -1.29. The monoisotopic (exact) mass is 513 g/mol. The normalized spacial score (nSPS) is 14.7. The lowest BCUT2D eigenvalue weighted by molar-refractivity contribution is -0.123. The number of nitrogens with two attached hydrogens (primary N) is 2. The van der Waals surface area contributed by atoms with Gasteiger partial charge in [-0.05, 0) is 60.3 Å². The summed E-state index contributed by atoms with van der Waals surface area (Å²) >= 11 is 0.650. The molecule has 5 N–H and O–H groups in total. The number of nitrogens with one attached hydrogen (secondary N) is 1. The van der Waals surface area contributed by atoms with Crippen LogP contribution in [0.25, 0.3) is 0 Å². The van der Waals surface area contributed by atoms with Crippen LogP contribution < -0.4 is 21.7 Å². The second kappa shape index (κ2) is 10.8. The smallest absolute Gasteiger partial charge is 0.273 e. The highest BCUT2D eigenvalue weighted by atomic mass is 32.1. The molecule has 1 saturated carbocycles. The Morgan fingerprint density at radius 2 is 1.72 bits per heavy atom. The molecular weight excluding hydrogens is 488 g/mol. The molecule has 8 nitrogen and oxygen atoms in total. The van der Waals surface area contributed by atoms with Gasteiger partial charge in [-0.15, -0.1) is 0 Å². The third-order valence-electron chi connectivity index (χ3n) is 6.10. The third kappa shape index (κ3) is 5.35. The Bertz CT molecular complexity index is 1270. The van der Waals surface area contributed by atoms with Crippen molar-refractivity contribution in [1.82, 2.24) is 9.69 Å². The number of hydrogen-bond acceptors (Lipinski definition) is 6. The Morgan fingerprint density at radius 3 is 2.33 bits per heavy atom. The van der Waals surface area contributed by atoms with Crippen LogP contribution in [0.3, 0.4) is 0 Å². The van der Waals surface area contributed by atoms with Gasteiger partial charge in [0.25, 0.3) is 11.8 Å². The summed E-state index contributed by atoms with van der Waals surface area (Å²) in [4.78, 5) is 40.2. The van der Waals surface area contributed by atoms with E-state index >= 15 is 0 Å².